The molecular weight excluding hydrogens is 338 g/mol. The number of aromatic nitrogens is 1. The van der Waals surface area contributed by atoms with Crippen molar-refractivity contribution in [2.45, 2.75) is 11.1 Å². The van der Waals surface area contributed by atoms with E-state index in [1.807, 2.05) is 0 Å². The second-order valence-electron chi connectivity index (χ2n) is 3.62. The zero-order valence-corrected chi connectivity index (χ0v) is 12.6. The van der Waals surface area contributed by atoms with Gasteiger partial charge in [-0.15, -0.1) is 11.3 Å². The second kappa shape index (κ2) is 4.87. The monoisotopic (exact) mass is 347 g/mol. The average molecular weight is 348 g/mol. The van der Waals surface area contributed by atoms with E-state index in [0.29, 0.717) is 11.5 Å². The molecule has 2 heterocycles. The van der Waals surface area contributed by atoms with E-state index in [0.717, 1.165) is 21.4 Å². The van der Waals surface area contributed by atoms with E-state index in [1.165, 1.54) is 12.3 Å². The number of thiophene rings is 1. The maximum atomic E-state index is 12.0. The summed E-state index contributed by atoms with van der Waals surface area (Å²) in [6.07, 6.45) is 1.54. The van der Waals surface area contributed by atoms with Gasteiger partial charge in [-0.05, 0) is 40.5 Å². The van der Waals surface area contributed by atoms with Crippen molar-refractivity contribution in [2.75, 3.05) is 10.5 Å². The van der Waals surface area contributed by atoms with Crippen molar-refractivity contribution in [2.24, 2.45) is 0 Å². The zero-order valence-electron chi connectivity index (χ0n) is 9.34. The van der Waals surface area contributed by atoms with Crippen molar-refractivity contribution in [3.63, 3.8) is 0 Å². The third kappa shape index (κ3) is 2.82. The Labute approximate surface area is 117 Å². The van der Waals surface area contributed by atoms with Gasteiger partial charge < -0.3 is 5.73 Å². The summed E-state index contributed by atoms with van der Waals surface area (Å²) in [5.74, 6) is 0.310. The van der Waals surface area contributed by atoms with E-state index in [1.54, 1.807) is 18.4 Å². The van der Waals surface area contributed by atoms with Gasteiger partial charge in [-0.3, -0.25) is 4.72 Å². The number of nitrogen functional groups attached to an aromatic ring is 1. The van der Waals surface area contributed by atoms with Gasteiger partial charge in [-0.25, -0.2) is 13.4 Å². The molecule has 2 aromatic heterocycles. The van der Waals surface area contributed by atoms with Crippen LogP contribution in [-0.2, 0) is 10.0 Å². The molecule has 2 rings (SSSR count). The quantitative estimate of drug-likeness (QED) is 0.893. The third-order valence-electron chi connectivity index (χ3n) is 2.14. The van der Waals surface area contributed by atoms with Crippen molar-refractivity contribution in [1.82, 2.24) is 4.98 Å². The number of rotatable bonds is 3. The van der Waals surface area contributed by atoms with E-state index in [-0.39, 0.29) is 4.21 Å². The predicted octanol–water partition coefficient (Wildman–Crippen LogP) is 2.60. The van der Waals surface area contributed by atoms with Crippen molar-refractivity contribution < 1.29 is 8.42 Å². The molecule has 18 heavy (non-hydrogen) atoms. The lowest BCUT2D eigenvalue weighted by molar-refractivity contribution is 0.603. The summed E-state index contributed by atoms with van der Waals surface area (Å²) in [7, 11) is -3.62. The Balaban J connectivity index is 2.33. The molecule has 0 amide bonds. The van der Waals surface area contributed by atoms with Crippen LogP contribution in [-0.4, -0.2) is 13.4 Å². The number of aryl methyl sites for hydroxylation is 1. The van der Waals surface area contributed by atoms with Gasteiger partial charge in [0.2, 0.25) is 0 Å². The fraction of sp³-hybridized carbons (Fsp3) is 0.100. The minimum Gasteiger partial charge on any atom is -0.398 e. The number of halogens is 1. The lowest BCUT2D eigenvalue weighted by Crippen LogP contribution is -2.13. The number of sulfonamides is 1. The van der Waals surface area contributed by atoms with Crippen LogP contribution in [0.25, 0.3) is 0 Å². The number of nitrogens with two attached hydrogens (primary N) is 1. The van der Waals surface area contributed by atoms with Crippen molar-refractivity contribution in [3.05, 3.63) is 33.7 Å². The first-order valence-electron chi connectivity index (χ1n) is 4.87. The zero-order chi connectivity index (χ0) is 13.3. The minimum absolute atomic E-state index is 0.170. The Morgan fingerprint density at radius 2 is 2.17 bits per heavy atom. The Morgan fingerprint density at radius 3 is 2.72 bits per heavy atom. The molecular formula is C10H10BrN3O2S2. The minimum atomic E-state index is -3.62. The molecule has 0 unspecified atom stereocenters. The van der Waals surface area contributed by atoms with Crippen LogP contribution in [0.3, 0.4) is 0 Å². The van der Waals surface area contributed by atoms with Crippen LogP contribution in [0.15, 0.2) is 32.4 Å². The molecule has 0 radical (unpaired) electrons. The van der Waals surface area contributed by atoms with Crippen molar-refractivity contribution >= 4 is 48.8 Å². The lowest BCUT2D eigenvalue weighted by atomic mass is 10.3. The maximum Gasteiger partial charge on any atom is 0.272 e. The highest BCUT2D eigenvalue weighted by Crippen LogP contribution is 2.25. The summed E-state index contributed by atoms with van der Waals surface area (Å²) in [4.78, 5) is 4.03. The largest absolute Gasteiger partial charge is 0.398 e. The Bertz CT molecular complexity index is 682. The lowest BCUT2D eigenvalue weighted by Gasteiger charge is -2.08. The molecule has 3 N–H and O–H groups in total. The Kier molecular flexibility index (Phi) is 3.60. The van der Waals surface area contributed by atoms with Gasteiger partial charge >= 0.3 is 0 Å². The summed E-state index contributed by atoms with van der Waals surface area (Å²) in [5.41, 5.74) is 6.68. The van der Waals surface area contributed by atoms with E-state index in [9.17, 15) is 8.42 Å². The standard InChI is InChI=1S/C10H10BrN3O2S2/c1-6-2-7(11)4-13-10(6)14-18(15,16)9-3-8(12)5-17-9/h2-5H,12H2,1H3,(H,13,14). The molecule has 8 heteroatoms. The number of nitrogens with one attached hydrogen (secondary N) is 1. The topological polar surface area (TPSA) is 85.1 Å². The van der Waals surface area contributed by atoms with Crippen LogP contribution in [0.5, 0.6) is 0 Å². The molecule has 0 bridgehead atoms. The van der Waals surface area contributed by atoms with Gasteiger partial charge in [0, 0.05) is 21.7 Å². The van der Waals surface area contributed by atoms with Crippen LogP contribution in [0.4, 0.5) is 11.5 Å². The van der Waals surface area contributed by atoms with Gasteiger partial charge in [-0.2, -0.15) is 0 Å². The van der Waals surface area contributed by atoms with Crippen LogP contribution < -0.4 is 10.5 Å². The average Bonchev–Trinajstić information content (AvgIpc) is 2.70. The first kappa shape index (κ1) is 13.3. The maximum absolute atomic E-state index is 12.0. The second-order valence-corrected chi connectivity index (χ2v) is 7.36. The van der Waals surface area contributed by atoms with Crippen molar-refractivity contribution in [3.8, 4) is 0 Å². The normalized spacial score (nSPS) is 11.4. The smallest absolute Gasteiger partial charge is 0.272 e. The summed E-state index contributed by atoms with van der Waals surface area (Å²) in [6, 6.07) is 3.20. The SMILES string of the molecule is Cc1cc(Br)cnc1NS(=O)(=O)c1cc(N)cs1. The van der Waals surface area contributed by atoms with E-state index in [4.69, 9.17) is 5.73 Å². The first-order valence-corrected chi connectivity index (χ1v) is 8.03. The highest BCUT2D eigenvalue weighted by atomic mass is 79.9. The summed E-state index contributed by atoms with van der Waals surface area (Å²) in [6.45, 7) is 1.78. The van der Waals surface area contributed by atoms with E-state index < -0.39 is 10.0 Å². The van der Waals surface area contributed by atoms with E-state index in [2.05, 4.69) is 25.6 Å². The number of pyridine rings is 1. The van der Waals surface area contributed by atoms with Crippen molar-refractivity contribution in [1.29, 1.82) is 0 Å². The summed E-state index contributed by atoms with van der Waals surface area (Å²) < 4.78 is 27.5. The van der Waals surface area contributed by atoms with Crippen LogP contribution >= 0.6 is 27.3 Å². The molecule has 0 atom stereocenters. The highest BCUT2D eigenvalue weighted by molar-refractivity contribution is 9.10. The van der Waals surface area contributed by atoms with Crippen LogP contribution in [0.1, 0.15) is 5.56 Å². The molecule has 0 aromatic carbocycles. The Hall–Kier alpha value is -1.12. The van der Waals surface area contributed by atoms with Gasteiger partial charge in [0.1, 0.15) is 10.0 Å². The predicted molar refractivity (Wildman–Crippen MR) is 76.2 cm³/mol. The number of hydrogen-bond acceptors (Lipinski definition) is 5. The van der Waals surface area contributed by atoms with Crippen LogP contribution in [0, 0.1) is 6.92 Å². The molecule has 0 spiro atoms. The van der Waals surface area contributed by atoms with Gasteiger partial charge in [0.15, 0.2) is 0 Å². The van der Waals surface area contributed by atoms with Gasteiger partial charge in [0.25, 0.3) is 10.0 Å². The Morgan fingerprint density at radius 1 is 1.44 bits per heavy atom. The van der Waals surface area contributed by atoms with Gasteiger partial charge in [0.05, 0.1) is 0 Å². The molecule has 0 saturated heterocycles. The first-order chi connectivity index (χ1) is 8.38. The molecule has 5 nitrogen and oxygen atoms in total. The van der Waals surface area contributed by atoms with E-state index >= 15 is 0 Å². The molecule has 0 aliphatic heterocycles. The molecule has 0 fully saturated rings. The number of hydrogen-bond donors (Lipinski definition) is 2. The van der Waals surface area contributed by atoms with Gasteiger partial charge in [-0.1, -0.05) is 0 Å². The fourth-order valence-corrected chi connectivity index (χ4v) is 3.90. The fourth-order valence-electron chi connectivity index (χ4n) is 1.30. The molecule has 96 valence electrons. The third-order valence-corrected chi connectivity index (χ3v) is 5.37. The number of nitrogens with zero attached hydrogens (tertiary/aromatic N) is 1. The summed E-state index contributed by atoms with van der Waals surface area (Å²) >= 11 is 4.34. The molecule has 0 aliphatic rings. The molecule has 2 aromatic rings. The van der Waals surface area contributed by atoms with Crippen LogP contribution in [0.2, 0.25) is 0 Å². The highest BCUT2D eigenvalue weighted by Gasteiger charge is 2.18. The summed E-state index contributed by atoms with van der Waals surface area (Å²) in [5, 5.41) is 1.58. The molecule has 0 saturated carbocycles. The number of anilines is 2. The molecule has 0 aliphatic carbocycles.